The van der Waals surface area contributed by atoms with E-state index in [0.717, 1.165) is 51.7 Å². The van der Waals surface area contributed by atoms with Crippen LogP contribution in [0.3, 0.4) is 0 Å². The van der Waals surface area contributed by atoms with E-state index < -0.39 is 0 Å². The average molecular weight is 292 g/mol. The molecule has 0 spiro atoms. The molecule has 0 aromatic rings. The Kier molecular flexibility index (Phi) is 7.84. The fourth-order valence-corrected chi connectivity index (χ4v) is 2.53. The minimum atomic E-state index is -0.171. The van der Waals surface area contributed by atoms with E-state index >= 15 is 0 Å². The molecule has 1 fully saturated rings. The van der Waals surface area contributed by atoms with Crippen molar-refractivity contribution in [2.24, 2.45) is 0 Å². The number of likely N-dealkylation sites (tertiary alicyclic amines) is 1. The zero-order valence-corrected chi connectivity index (χ0v) is 13.6. The number of nitrogens with one attached hydrogen (secondary N) is 1. The first kappa shape index (κ1) is 17.5. The van der Waals surface area contributed by atoms with Crippen LogP contribution in [-0.2, 0) is 4.79 Å². The Labute approximate surface area is 128 Å². The third kappa shape index (κ3) is 5.76. The van der Waals surface area contributed by atoms with Gasteiger partial charge in [-0.05, 0) is 39.4 Å². The molecule has 0 aliphatic carbocycles. The molecule has 1 aliphatic heterocycles. The molecule has 0 radical (unpaired) electrons. The van der Waals surface area contributed by atoms with Gasteiger partial charge in [-0.25, -0.2) is 0 Å². The number of unbranched alkanes of at least 4 members (excludes halogenated alkanes) is 2. The average Bonchev–Trinajstić information content (AvgIpc) is 2.50. The van der Waals surface area contributed by atoms with Gasteiger partial charge in [0.1, 0.15) is 11.6 Å². The molecular weight excluding hydrogens is 264 g/mol. The van der Waals surface area contributed by atoms with Gasteiger partial charge in [-0.3, -0.25) is 4.79 Å². The molecule has 5 nitrogen and oxygen atoms in total. The van der Waals surface area contributed by atoms with Crippen LogP contribution in [-0.4, -0.2) is 55.5 Å². The van der Waals surface area contributed by atoms with Crippen molar-refractivity contribution in [2.75, 3.05) is 33.7 Å². The van der Waals surface area contributed by atoms with E-state index in [-0.39, 0.29) is 17.5 Å². The van der Waals surface area contributed by atoms with E-state index in [4.69, 9.17) is 0 Å². The Morgan fingerprint density at radius 1 is 1.43 bits per heavy atom. The van der Waals surface area contributed by atoms with Gasteiger partial charge >= 0.3 is 0 Å². The second-order valence-electron chi connectivity index (χ2n) is 5.78. The van der Waals surface area contributed by atoms with Crippen molar-refractivity contribution in [1.29, 1.82) is 5.26 Å². The molecule has 1 rings (SSSR count). The van der Waals surface area contributed by atoms with Crippen LogP contribution in [0.1, 0.15) is 39.0 Å². The fraction of sp³-hybridized carbons (Fsp3) is 0.750. The number of carbonyl (C=O) groups excluding carboxylic acids is 1. The zero-order valence-electron chi connectivity index (χ0n) is 13.6. The highest BCUT2D eigenvalue weighted by atomic mass is 16.2. The molecule has 0 atom stereocenters. The number of amides is 1. The molecule has 0 aromatic heterocycles. The zero-order chi connectivity index (χ0) is 15.7. The Hall–Kier alpha value is -1.54. The van der Waals surface area contributed by atoms with Crippen LogP contribution in [0.2, 0.25) is 0 Å². The maximum atomic E-state index is 12.4. The summed E-state index contributed by atoms with van der Waals surface area (Å²) in [6.07, 6.45) is 6.90. The number of rotatable bonds is 7. The molecule has 0 saturated carbocycles. The van der Waals surface area contributed by atoms with Gasteiger partial charge in [0, 0.05) is 25.8 Å². The molecule has 1 saturated heterocycles. The van der Waals surface area contributed by atoms with E-state index in [9.17, 15) is 10.1 Å². The van der Waals surface area contributed by atoms with Crippen molar-refractivity contribution >= 4 is 5.91 Å². The third-order valence-corrected chi connectivity index (χ3v) is 4.08. The molecule has 1 aliphatic rings. The highest BCUT2D eigenvalue weighted by Gasteiger charge is 2.25. The lowest BCUT2D eigenvalue weighted by molar-refractivity contribution is -0.128. The third-order valence-electron chi connectivity index (χ3n) is 4.08. The van der Waals surface area contributed by atoms with Crippen molar-refractivity contribution in [2.45, 2.75) is 45.1 Å². The highest BCUT2D eigenvalue weighted by molar-refractivity contribution is 5.97. The van der Waals surface area contributed by atoms with Crippen molar-refractivity contribution in [3.63, 3.8) is 0 Å². The summed E-state index contributed by atoms with van der Waals surface area (Å²) in [5.74, 6) is -0.171. The lowest BCUT2D eigenvalue weighted by Crippen LogP contribution is -2.45. The van der Waals surface area contributed by atoms with E-state index in [1.165, 1.54) is 0 Å². The number of nitriles is 1. The maximum absolute atomic E-state index is 12.4. The van der Waals surface area contributed by atoms with E-state index in [1.54, 1.807) is 18.1 Å². The Bertz CT molecular complexity index is 392. The van der Waals surface area contributed by atoms with Gasteiger partial charge in [0.05, 0.1) is 0 Å². The second kappa shape index (κ2) is 9.41. The first-order valence-electron chi connectivity index (χ1n) is 7.89. The number of hydrogen-bond donors (Lipinski definition) is 1. The summed E-state index contributed by atoms with van der Waals surface area (Å²) < 4.78 is 0. The number of carbonyl (C=O) groups is 1. The topological polar surface area (TPSA) is 59.4 Å². The number of nitrogens with zero attached hydrogens (tertiary/aromatic N) is 3. The van der Waals surface area contributed by atoms with Gasteiger partial charge in [0.25, 0.3) is 5.91 Å². The highest BCUT2D eigenvalue weighted by Crippen LogP contribution is 2.15. The van der Waals surface area contributed by atoms with Crippen LogP contribution in [0.4, 0.5) is 0 Å². The van der Waals surface area contributed by atoms with Crippen LogP contribution in [0, 0.1) is 11.3 Å². The summed E-state index contributed by atoms with van der Waals surface area (Å²) in [6, 6.07) is 2.26. The molecule has 1 N–H and O–H groups in total. The van der Waals surface area contributed by atoms with Gasteiger partial charge in [0.15, 0.2) is 0 Å². The Morgan fingerprint density at radius 3 is 2.67 bits per heavy atom. The molecule has 5 heteroatoms. The van der Waals surface area contributed by atoms with Crippen molar-refractivity contribution in [1.82, 2.24) is 15.1 Å². The molecule has 1 amide bonds. The summed E-state index contributed by atoms with van der Waals surface area (Å²) >= 11 is 0. The fourth-order valence-electron chi connectivity index (χ4n) is 2.53. The van der Waals surface area contributed by atoms with Crippen LogP contribution in [0.15, 0.2) is 11.8 Å². The van der Waals surface area contributed by atoms with Crippen LogP contribution in [0.25, 0.3) is 0 Å². The molecule has 0 unspecified atom stereocenters. The minimum absolute atomic E-state index is 0.171. The molecule has 0 bridgehead atoms. The smallest absolute Gasteiger partial charge is 0.265 e. The van der Waals surface area contributed by atoms with Crippen LogP contribution < -0.4 is 5.32 Å². The number of hydrogen-bond acceptors (Lipinski definition) is 4. The van der Waals surface area contributed by atoms with E-state index in [0.29, 0.717) is 0 Å². The predicted molar refractivity (Wildman–Crippen MR) is 84.5 cm³/mol. The van der Waals surface area contributed by atoms with Gasteiger partial charge in [-0.2, -0.15) is 5.26 Å². The maximum Gasteiger partial charge on any atom is 0.265 e. The monoisotopic (exact) mass is 292 g/mol. The molecule has 118 valence electrons. The summed E-state index contributed by atoms with van der Waals surface area (Å²) in [4.78, 5) is 16.4. The number of piperidine rings is 1. The number of likely N-dealkylation sites (N-methyl/N-ethyl adjacent to an activating group) is 1. The molecule has 1 heterocycles. The molecule has 21 heavy (non-hydrogen) atoms. The van der Waals surface area contributed by atoms with Crippen molar-refractivity contribution in [3.8, 4) is 6.07 Å². The Morgan fingerprint density at radius 2 is 2.10 bits per heavy atom. The van der Waals surface area contributed by atoms with Gasteiger partial charge in [0.2, 0.25) is 0 Å². The van der Waals surface area contributed by atoms with Crippen molar-refractivity contribution in [3.05, 3.63) is 11.8 Å². The van der Waals surface area contributed by atoms with Gasteiger partial charge < -0.3 is 15.1 Å². The SMILES string of the molecule is CCCCCN/C=C(/C#N)C(=O)N(C)C1CCN(C)CC1. The van der Waals surface area contributed by atoms with Crippen LogP contribution in [0.5, 0.6) is 0 Å². The van der Waals surface area contributed by atoms with Crippen LogP contribution >= 0.6 is 0 Å². The molecular formula is C16H28N4O. The van der Waals surface area contributed by atoms with E-state index in [1.807, 2.05) is 6.07 Å². The largest absolute Gasteiger partial charge is 0.390 e. The quantitative estimate of drug-likeness (QED) is 0.441. The van der Waals surface area contributed by atoms with Gasteiger partial charge in [-0.15, -0.1) is 0 Å². The second-order valence-corrected chi connectivity index (χ2v) is 5.78. The molecule has 0 aromatic carbocycles. The normalized spacial score (nSPS) is 17.3. The summed E-state index contributed by atoms with van der Waals surface area (Å²) in [5, 5.41) is 12.3. The standard InChI is InChI=1S/C16H28N4O/c1-4-5-6-9-18-13-14(12-17)16(21)20(3)15-7-10-19(2)11-8-15/h13,15,18H,4-11H2,1-3H3/b14-13-. The first-order valence-corrected chi connectivity index (χ1v) is 7.89. The van der Waals surface area contributed by atoms with Crippen molar-refractivity contribution < 1.29 is 4.79 Å². The Balaban J connectivity index is 2.49. The minimum Gasteiger partial charge on any atom is -0.390 e. The summed E-state index contributed by atoms with van der Waals surface area (Å²) in [7, 11) is 3.90. The summed E-state index contributed by atoms with van der Waals surface area (Å²) in [6.45, 7) is 4.97. The predicted octanol–water partition coefficient (Wildman–Crippen LogP) is 1.73. The first-order chi connectivity index (χ1) is 10.1. The lowest BCUT2D eigenvalue weighted by Gasteiger charge is -2.34. The van der Waals surface area contributed by atoms with Gasteiger partial charge in [-0.1, -0.05) is 19.8 Å². The lowest BCUT2D eigenvalue weighted by atomic mass is 10.0. The summed E-state index contributed by atoms with van der Waals surface area (Å²) in [5.41, 5.74) is 0.202. The van der Waals surface area contributed by atoms with E-state index in [2.05, 4.69) is 24.2 Å².